The molecule has 2 aromatic carbocycles. The normalized spacial score (nSPS) is 10.4. The Hall–Kier alpha value is -0.960. The third-order valence-corrected chi connectivity index (χ3v) is 4.37. The van der Waals surface area contributed by atoms with Crippen LogP contribution in [0.1, 0.15) is 5.56 Å². The van der Waals surface area contributed by atoms with Gasteiger partial charge in [-0.3, -0.25) is 4.79 Å². The van der Waals surface area contributed by atoms with Crippen LogP contribution in [-0.2, 0) is 11.2 Å². The fraction of sp³-hybridized carbons (Fsp3) is 0.133. The van der Waals surface area contributed by atoms with E-state index in [1.807, 2.05) is 36.4 Å². The second-order valence-corrected chi connectivity index (χ2v) is 5.92. The molecule has 0 saturated carbocycles. The van der Waals surface area contributed by atoms with Crippen LogP contribution in [0.4, 0.5) is 0 Å². The van der Waals surface area contributed by atoms with Gasteiger partial charge in [-0.2, -0.15) is 0 Å². The molecule has 0 unspecified atom stereocenters. The summed E-state index contributed by atoms with van der Waals surface area (Å²) in [6, 6.07) is 14.9. The second-order valence-electron chi connectivity index (χ2n) is 4.06. The summed E-state index contributed by atoms with van der Waals surface area (Å²) in [6.07, 6.45) is 0.425. The first-order valence-electron chi connectivity index (χ1n) is 5.78. The van der Waals surface area contributed by atoms with Crippen molar-refractivity contribution < 1.29 is 4.79 Å². The highest BCUT2D eigenvalue weighted by Crippen LogP contribution is 2.26. The van der Waals surface area contributed by atoms with E-state index in [-0.39, 0.29) is 5.78 Å². The van der Waals surface area contributed by atoms with Crippen LogP contribution < -0.4 is 0 Å². The fourth-order valence-corrected chi connectivity index (χ4v) is 2.83. The molecule has 0 atom stereocenters. The molecule has 19 heavy (non-hydrogen) atoms. The summed E-state index contributed by atoms with van der Waals surface area (Å²) < 4.78 is 0. The molecule has 0 aliphatic heterocycles. The Morgan fingerprint density at radius 2 is 1.68 bits per heavy atom. The molecule has 0 aromatic heterocycles. The lowest BCUT2D eigenvalue weighted by Crippen LogP contribution is -2.05. The summed E-state index contributed by atoms with van der Waals surface area (Å²) in [7, 11) is 0. The van der Waals surface area contributed by atoms with Gasteiger partial charge in [0.2, 0.25) is 0 Å². The monoisotopic (exact) mass is 310 g/mol. The Morgan fingerprint density at radius 1 is 1.00 bits per heavy atom. The molecule has 2 rings (SSSR count). The van der Waals surface area contributed by atoms with Crippen molar-refractivity contribution in [1.29, 1.82) is 0 Å². The highest BCUT2D eigenvalue weighted by molar-refractivity contribution is 8.00. The van der Waals surface area contributed by atoms with Gasteiger partial charge in [0.25, 0.3) is 0 Å². The standard InChI is InChI=1S/C15H12Cl2OS/c16-12-7-5-11(6-8-12)9-13(18)10-19-15-4-2-1-3-14(15)17/h1-8H,9-10H2. The average molecular weight is 311 g/mol. The molecule has 0 radical (unpaired) electrons. The molecule has 2 aromatic rings. The summed E-state index contributed by atoms with van der Waals surface area (Å²) in [4.78, 5) is 12.8. The molecule has 4 heteroatoms. The number of hydrogen-bond donors (Lipinski definition) is 0. The van der Waals surface area contributed by atoms with Gasteiger partial charge in [-0.05, 0) is 29.8 Å². The summed E-state index contributed by atoms with van der Waals surface area (Å²) in [5.41, 5.74) is 0.981. The third kappa shape index (κ3) is 4.57. The van der Waals surface area contributed by atoms with Gasteiger partial charge in [0.15, 0.2) is 0 Å². The minimum absolute atomic E-state index is 0.173. The van der Waals surface area contributed by atoms with Crippen LogP contribution in [0, 0.1) is 0 Å². The number of ketones is 1. The maximum Gasteiger partial charge on any atom is 0.147 e. The van der Waals surface area contributed by atoms with Crippen molar-refractivity contribution in [2.45, 2.75) is 11.3 Å². The van der Waals surface area contributed by atoms with E-state index in [1.165, 1.54) is 11.8 Å². The van der Waals surface area contributed by atoms with Crippen LogP contribution in [0.25, 0.3) is 0 Å². The first kappa shape index (κ1) is 14.4. The van der Waals surface area contributed by atoms with E-state index in [2.05, 4.69) is 0 Å². The molecule has 98 valence electrons. The molecule has 0 heterocycles. The van der Waals surface area contributed by atoms with Crippen molar-refractivity contribution in [1.82, 2.24) is 0 Å². The Morgan fingerprint density at radius 3 is 2.37 bits per heavy atom. The predicted molar refractivity (Wildman–Crippen MR) is 82.3 cm³/mol. The van der Waals surface area contributed by atoms with Crippen molar-refractivity contribution in [2.75, 3.05) is 5.75 Å². The quantitative estimate of drug-likeness (QED) is 0.731. The zero-order valence-electron chi connectivity index (χ0n) is 10.1. The van der Waals surface area contributed by atoms with Crippen molar-refractivity contribution in [3.63, 3.8) is 0 Å². The molecule has 0 aliphatic rings. The lowest BCUT2D eigenvalue weighted by atomic mass is 10.1. The number of thioether (sulfide) groups is 1. The van der Waals surface area contributed by atoms with Gasteiger partial charge in [0.05, 0.1) is 10.8 Å². The van der Waals surface area contributed by atoms with Gasteiger partial charge in [-0.15, -0.1) is 11.8 Å². The van der Waals surface area contributed by atoms with Crippen LogP contribution in [0.15, 0.2) is 53.4 Å². The van der Waals surface area contributed by atoms with Crippen LogP contribution in [0.5, 0.6) is 0 Å². The molecular weight excluding hydrogens is 299 g/mol. The van der Waals surface area contributed by atoms with Gasteiger partial charge in [-0.1, -0.05) is 47.5 Å². The summed E-state index contributed by atoms with van der Waals surface area (Å²) in [5, 5.41) is 1.37. The number of benzene rings is 2. The lowest BCUT2D eigenvalue weighted by Gasteiger charge is -2.04. The van der Waals surface area contributed by atoms with Crippen molar-refractivity contribution in [3.8, 4) is 0 Å². The Balaban J connectivity index is 1.88. The summed E-state index contributed by atoms with van der Waals surface area (Å²) in [5.74, 6) is 0.596. The highest BCUT2D eigenvalue weighted by atomic mass is 35.5. The van der Waals surface area contributed by atoms with E-state index in [0.717, 1.165) is 10.5 Å². The number of carbonyl (C=O) groups excluding carboxylic acids is 1. The molecule has 0 N–H and O–H groups in total. The SMILES string of the molecule is O=C(CSc1ccccc1Cl)Cc1ccc(Cl)cc1. The maximum absolute atomic E-state index is 11.9. The number of hydrogen-bond acceptors (Lipinski definition) is 2. The smallest absolute Gasteiger partial charge is 0.147 e. The van der Waals surface area contributed by atoms with E-state index in [9.17, 15) is 4.79 Å². The van der Waals surface area contributed by atoms with Crippen LogP contribution in [0.2, 0.25) is 10.0 Å². The first-order valence-corrected chi connectivity index (χ1v) is 7.53. The van der Waals surface area contributed by atoms with Crippen LogP contribution >= 0.6 is 35.0 Å². The molecule has 0 fully saturated rings. The number of rotatable bonds is 5. The zero-order valence-corrected chi connectivity index (χ0v) is 12.4. The van der Waals surface area contributed by atoms with E-state index in [0.29, 0.717) is 22.2 Å². The van der Waals surface area contributed by atoms with Crippen molar-refractivity contribution in [2.24, 2.45) is 0 Å². The maximum atomic E-state index is 11.9. The van der Waals surface area contributed by atoms with E-state index < -0.39 is 0 Å². The van der Waals surface area contributed by atoms with E-state index in [4.69, 9.17) is 23.2 Å². The van der Waals surface area contributed by atoms with Gasteiger partial charge >= 0.3 is 0 Å². The molecule has 0 saturated heterocycles. The number of carbonyl (C=O) groups is 1. The fourth-order valence-electron chi connectivity index (χ4n) is 1.60. The van der Waals surface area contributed by atoms with Gasteiger partial charge in [0.1, 0.15) is 5.78 Å². The number of Topliss-reactive ketones (excluding diaryl/α,β-unsaturated/α-hetero) is 1. The van der Waals surface area contributed by atoms with Crippen molar-refractivity contribution in [3.05, 3.63) is 64.1 Å². The van der Waals surface area contributed by atoms with E-state index in [1.54, 1.807) is 12.1 Å². The molecule has 0 aliphatic carbocycles. The molecule has 1 nitrogen and oxygen atoms in total. The minimum atomic E-state index is 0.173. The molecule has 0 bridgehead atoms. The van der Waals surface area contributed by atoms with Gasteiger partial charge in [-0.25, -0.2) is 0 Å². The largest absolute Gasteiger partial charge is 0.298 e. The first-order chi connectivity index (χ1) is 9.15. The number of halogens is 2. The lowest BCUT2D eigenvalue weighted by molar-refractivity contribution is -0.116. The second kappa shape index (κ2) is 6.99. The van der Waals surface area contributed by atoms with Crippen LogP contribution in [0.3, 0.4) is 0 Å². The van der Waals surface area contributed by atoms with Gasteiger partial charge in [0, 0.05) is 16.3 Å². The summed E-state index contributed by atoms with van der Waals surface area (Å²) >= 11 is 13.3. The van der Waals surface area contributed by atoms with E-state index >= 15 is 0 Å². The molecule has 0 amide bonds. The molecule has 0 spiro atoms. The Labute approximate surface area is 126 Å². The average Bonchev–Trinajstić information content (AvgIpc) is 2.40. The van der Waals surface area contributed by atoms with Crippen molar-refractivity contribution >= 4 is 40.7 Å². The molecular formula is C15H12Cl2OS. The van der Waals surface area contributed by atoms with Crippen LogP contribution in [-0.4, -0.2) is 11.5 Å². The Kier molecular flexibility index (Phi) is 5.32. The topological polar surface area (TPSA) is 17.1 Å². The summed E-state index contributed by atoms with van der Waals surface area (Å²) in [6.45, 7) is 0. The van der Waals surface area contributed by atoms with Gasteiger partial charge < -0.3 is 0 Å². The predicted octanol–water partition coefficient (Wildman–Crippen LogP) is 4.90. The Bertz CT molecular complexity index is 567. The highest BCUT2D eigenvalue weighted by Gasteiger charge is 2.06. The minimum Gasteiger partial charge on any atom is -0.298 e. The third-order valence-electron chi connectivity index (χ3n) is 2.54. The zero-order chi connectivity index (χ0) is 13.7.